The van der Waals surface area contributed by atoms with Gasteiger partial charge in [0.1, 0.15) is 17.4 Å². The molecule has 18 heavy (non-hydrogen) atoms. The van der Waals surface area contributed by atoms with E-state index in [1.54, 1.807) is 6.07 Å². The summed E-state index contributed by atoms with van der Waals surface area (Å²) >= 11 is 0. The van der Waals surface area contributed by atoms with Crippen LogP contribution in [0.5, 0.6) is 5.75 Å². The van der Waals surface area contributed by atoms with Crippen molar-refractivity contribution in [3.63, 3.8) is 0 Å². The van der Waals surface area contributed by atoms with Crippen LogP contribution in [0.3, 0.4) is 0 Å². The first kappa shape index (κ1) is 12.2. The molecule has 0 bridgehead atoms. The molecule has 0 aromatic heterocycles. The van der Waals surface area contributed by atoms with E-state index < -0.39 is 17.4 Å². The maximum Gasteiger partial charge on any atom is 0.203 e. The fourth-order valence-electron chi connectivity index (χ4n) is 1.47. The Balaban J connectivity index is 2.03. The van der Waals surface area contributed by atoms with Crippen molar-refractivity contribution in [2.45, 2.75) is 0 Å². The van der Waals surface area contributed by atoms with E-state index in [1.807, 2.05) is 0 Å². The second-order valence-corrected chi connectivity index (χ2v) is 3.65. The minimum atomic E-state index is -0.592. The second kappa shape index (κ2) is 5.40. The largest absolute Gasteiger partial charge is 0.485 e. The fourth-order valence-corrected chi connectivity index (χ4v) is 1.47. The highest BCUT2D eigenvalue weighted by molar-refractivity contribution is 5.97. The van der Waals surface area contributed by atoms with Gasteiger partial charge >= 0.3 is 0 Å². The molecule has 2 nitrogen and oxygen atoms in total. The number of ketones is 1. The van der Waals surface area contributed by atoms with Gasteiger partial charge in [-0.2, -0.15) is 0 Å². The molecule has 0 unspecified atom stereocenters. The molecule has 2 aromatic rings. The fraction of sp³-hybridized carbons (Fsp3) is 0.0714. The molecule has 0 heterocycles. The number of hydrogen-bond donors (Lipinski definition) is 0. The number of benzene rings is 2. The molecule has 4 heteroatoms. The molecule has 0 saturated carbocycles. The van der Waals surface area contributed by atoms with Crippen molar-refractivity contribution in [3.8, 4) is 5.75 Å². The lowest BCUT2D eigenvalue weighted by molar-refractivity contribution is 0.0917. The van der Waals surface area contributed by atoms with Crippen LogP contribution in [0, 0.1) is 11.6 Å². The monoisotopic (exact) mass is 248 g/mol. The van der Waals surface area contributed by atoms with Crippen LogP contribution in [0.15, 0.2) is 48.5 Å². The minimum absolute atomic E-state index is 0.0334. The first-order chi connectivity index (χ1) is 8.66. The van der Waals surface area contributed by atoms with Crippen LogP contribution in [0.1, 0.15) is 10.4 Å². The number of carbonyl (C=O) groups is 1. The van der Waals surface area contributed by atoms with Gasteiger partial charge < -0.3 is 4.74 Å². The number of ether oxygens (including phenoxy) is 1. The molecule has 0 aliphatic carbocycles. The molecule has 0 radical (unpaired) electrons. The smallest absolute Gasteiger partial charge is 0.203 e. The molecular weight excluding hydrogens is 238 g/mol. The van der Waals surface area contributed by atoms with E-state index in [-0.39, 0.29) is 17.9 Å². The van der Waals surface area contributed by atoms with Crippen molar-refractivity contribution >= 4 is 5.78 Å². The predicted octanol–water partition coefficient (Wildman–Crippen LogP) is 3.23. The van der Waals surface area contributed by atoms with E-state index in [2.05, 4.69) is 0 Å². The number of halogens is 2. The van der Waals surface area contributed by atoms with Crippen LogP contribution in [0.2, 0.25) is 0 Å². The lowest BCUT2D eigenvalue weighted by atomic mass is 10.1. The Morgan fingerprint density at radius 2 is 1.83 bits per heavy atom. The molecule has 0 atom stereocenters. The van der Waals surface area contributed by atoms with Gasteiger partial charge in [-0.05, 0) is 24.3 Å². The molecule has 0 N–H and O–H groups in total. The number of Topliss-reactive ketones (excluding diaryl/α,β-unsaturated/α-hetero) is 1. The summed E-state index contributed by atoms with van der Waals surface area (Å²) in [4.78, 5) is 11.7. The molecule has 0 saturated heterocycles. The Morgan fingerprint density at radius 1 is 1.06 bits per heavy atom. The van der Waals surface area contributed by atoms with E-state index >= 15 is 0 Å². The van der Waals surface area contributed by atoms with Crippen molar-refractivity contribution < 1.29 is 18.3 Å². The van der Waals surface area contributed by atoms with Crippen molar-refractivity contribution in [3.05, 3.63) is 65.7 Å². The third-order valence-corrected chi connectivity index (χ3v) is 2.34. The van der Waals surface area contributed by atoms with Crippen molar-refractivity contribution in [2.75, 3.05) is 6.61 Å². The minimum Gasteiger partial charge on any atom is -0.485 e. The topological polar surface area (TPSA) is 26.3 Å². The maximum atomic E-state index is 13.3. The van der Waals surface area contributed by atoms with Gasteiger partial charge in [-0.15, -0.1) is 0 Å². The summed E-state index contributed by atoms with van der Waals surface area (Å²) in [5.41, 5.74) is -0.0334. The summed E-state index contributed by atoms with van der Waals surface area (Å²) in [6.45, 7) is -0.329. The van der Waals surface area contributed by atoms with Crippen LogP contribution in [0.25, 0.3) is 0 Å². The number of hydrogen-bond acceptors (Lipinski definition) is 2. The maximum absolute atomic E-state index is 13.3. The highest BCUT2D eigenvalue weighted by Crippen LogP contribution is 2.13. The summed E-state index contributed by atoms with van der Waals surface area (Å²) in [5.74, 6) is -1.30. The van der Waals surface area contributed by atoms with Gasteiger partial charge in [-0.3, -0.25) is 4.79 Å². The van der Waals surface area contributed by atoms with E-state index in [4.69, 9.17) is 4.74 Å². The zero-order valence-electron chi connectivity index (χ0n) is 9.40. The summed E-state index contributed by atoms with van der Waals surface area (Å²) in [6.07, 6.45) is 0. The average Bonchev–Trinajstić information content (AvgIpc) is 2.37. The Bertz CT molecular complexity index is 567. The Morgan fingerprint density at radius 3 is 2.56 bits per heavy atom. The van der Waals surface area contributed by atoms with Crippen molar-refractivity contribution in [2.24, 2.45) is 0 Å². The van der Waals surface area contributed by atoms with Gasteiger partial charge in [0, 0.05) is 6.07 Å². The van der Waals surface area contributed by atoms with Crippen LogP contribution in [-0.4, -0.2) is 12.4 Å². The Kier molecular flexibility index (Phi) is 3.67. The quantitative estimate of drug-likeness (QED) is 0.776. The van der Waals surface area contributed by atoms with Crippen LogP contribution in [0.4, 0.5) is 8.78 Å². The standard InChI is InChI=1S/C14H10F2O2/c15-10-4-3-5-11(8-10)18-9-14(17)12-6-1-2-7-13(12)16/h1-8H,9H2. The van der Waals surface area contributed by atoms with Crippen LogP contribution < -0.4 is 4.74 Å². The molecular formula is C14H10F2O2. The first-order valence-electron chi connectivity index (χ1n) is 5.33. The molecule has 0 fully saturated rings. The average molecular weight is 248 g/mol. The van der Waals surface area contributed by atoms with Crippen molar-refractivity contribution in [1.29, 1.82) is 0 Å². The van der Waals surface area contributed by atoms with Gasteiger partial charge in [0.2, 0.25) is 5.78 Å². The number of carbonyl (C=O) groups excluding carboxylic acids is 1. The summed E-state index contributed by atoms with van der Waals surface area (Å²) < 4.78 is 31.2. The molecule has 0 spiro atoms. The zero-order valence-corrected chi connectivity index (χ0v) is 9.40. The predicted molar refractivity (Wildman–Crippen MR) is 62.6 cm³/mol. The second-order valence-electron chi connectivity index (χ2n) is 3.65. The third kappa shape index (κ3) is 2.91. The van der Waals surface area contributed by atoms with Gasteiger partial charge in [0.05, 0.1) is 5.56 Å². The SMILES string of the molecule is O=C(COc1cccc(F)c1)c1ccccc1F. The molecule has 0 aliphatic rings. The number of rotatable bonds is 4. The Hall–Kier alpha value is -2.23. The highest BCUT2D eigenvalue weighted by atomic mass is 19.1. The van der Waals surface area contributed by atoms with E-state index in [0.717, 1.165) is 6.07 Å². The Labute approximate surface area is 103 Å². The zero-order chi connectivity index (χ0) is 13.0. The van der Waals surface area contributed by atoms with Gasteiger partial charge in [0.15, 0.2) is 6.61 Å². The first-order valence-corrected chi connectivity index (χ1v) is 5.33. The lowest BCUT2D eigenvalue weighted by Crippen LogP contribution is -2.13. The molecule has 0 aliphatic heterocycles. The van der Waals surface area contributed by atoms with E-state index in [9.17, 15) is 13.6 Å². The van der Waals surface area contributed by atoms with E-state index in [1.165, 1.54) is 36.4 Å². The normalized spacial score (nSPS) is 10.1. The van der Waals surface area contributed by atoms with Crippen LogP contribution in [-0.2, 0) is 0 Å². The van der Waals surface area contributed by atoms with Gasteiger partial charge in [-0.25, -0.2) is 8.78 Å². The highest BCUT2D eigenvalue weighted by Gasteiger charge is 2.11. The van der Waals surface area contributed by atoms with Gasteiger partial charge in [0.25, 0.3) is 0 Å². The van der Waals surface area contributed by atoms with Crippen molar-refractivity contribution in [1.82, 2.24) is 0 Å². The third-order valence-electron chi connectivity index (χ3n) is 2.34. The summed E-state index contributed by atoms with van der Waals surface area (Å²) in [7, 11) is 0. The molecule has 92 valence electrons. The van der Waals surface area contributed by atoms with Gasteiger partial charge in [-0.1, -0.05) is 18.2 Å². The molecule has 0 amide bonds. The molecule has 2 rings (SSSR count). The summed E-state index contributed by atoms with van der Waals surface area (Å²) in [6, 6.07) is 11.1. The van der Waals surface area contributed by atoms with Crippen LogP contribution >= 0.6 is 0 Å². The van der Waals surface area contributed by atoms with E-state index in [0.29, 0.717) is 0 Å². The molecule has 2 aromatic carbocycles. The lowest BCUT2D eigenvalue weighted by Gasteiger charge is -2.06. The summed E-state index contributed by atoms with van der Waals surface area (Å²) in [5, 5.41) is 0.